The van der Waals surface area contributed by atoms with E-state index in [2.05, 4.69) is 25.0 Å². The van der Waals surface area contributed by atoms with Gasteiger partial charge < -0.3 is 14.8 Å². The monoisotopic (exact) mass is 503 g/mol. The fourth-order valence-electron chi connectivity index (χ4n) is 3.19. The van der Waals surface area contributed by atoms with Gasteiger partial charge >= 0.3 is 0 Å². The summed E-state index contributed by atoms with van der Waals surface area (Å²) in [5.41, 5.74) is 1.26. The Balaban J connectivity index is 1.40. The third kappa shape index (κ3) is 5.99. The molecular weight excluding hydrogens is 482 g/mol. The number of nitrogens with one attached hydrogen (secondary N) is 2. The van der Waals surface area contributed by atoms with Crippen molar-refractivity contribution in [1.82, 2.24) is 15.0 Å². The molecule has 0 radical (unpaired) electrons. The molecule has 1 aliphatic rings. The lowest BCUT2D eigenvalue weighted by atomic mass is 10.1. The van der Waals surface area contributed by atoms with E-state index in [-0.39, 0.29) is 33.4 Å². The number of hydrogen-bond acceptors (Lipinski definition) is 8. The van der Waals surface area contributed by atoms with Crippen molar-refractivity contribution in [3.8, 4) is 5.88 Å². The predicted molar refractivity (Wildman–Crippen MR) is 126 cm³/mol. The highest BCUT2D eigenvalue weighted by Gasteiger charge is 2.19. The third-order valence-electron chi connectivity index (χ3n) is 4.96. The maximum Gasteiger partial charge on any atom is 0.264 e. The minimum Gasteiger partial charge on any atom is -0.473 e. The van der Waals surface area contributed by atoms with E-state index in [1.54, 1.807) is 13.0 Å². The van der Waals surface area contributed by atoms with Gasteiger partial charge in [-0.3, -0.25) is 4.79 Å². The molecule has 1 fully saturated rings. The van der Waals surface area contributed by atoms with Crippen LogP contribution in [0.2, 0.25) is 5.02 Å². The molecule has 1 aromatic carbocycles. The second-order valence-electron chi connectivity index (χ2n) is 7.55. The van der Waals surface area contributed by atoms with E-state index in [1.807, 2.05) is 0 Å². The number of nitrogens with zero attached hydrogens (tertiary/aromatic N) is 3. The highest BCUT2D eigenvalue weighted by Crippen LogP contribution is 2.26. The van der Waals surface area contributed by atoms with Crippen molar-refractivity contribution in [2.45, 2.75) is 30.8 Å². The van der Waals surface area contributed by atoms with Gasteiger partial charge in [-0.25, -0.2) is 28.1 Å². The number of aromatic nitrogens is 3. The summed E-state index contributed by atoms with van der Waals surface area (Å²) >= 11 is 6.26. The molecule has 0 atom stereocenters. The minimum absolute atomic E-state index is 0.00469. The summed E-state index contributed by atoms with van der Waals surface area (Å²) in [5.74, 6) is -0.204. The summed E-state index contributed by atoms with van der Waals surface area (Å²) in [5, 5.41) is 2.91. The van der Waals surface area contributed by atoms with Crippen molar-refractivity contribution in [2.75, 3.05) is 23.3 Å². The predicted octanol–water partition coefficient (Wildman–Crippen LogP) is 3.44. The Hall–Kier alpha value is -3.28. The average Bonchev–Trinajstić information content (AvgIpc) is 2.81. The SMILES string of the molecule is Cc1ccnc(NS(=O)(=O)c2ccc(NC(=O)c3cnc(OC4CCOCC4)c(Cl)c3)cc2)n1. The molecule has 0 bridgehead atoms. The summed E-state index contributed by atoms with van der Waals surface area (Å²) in [6.07, 6.45) is 4.31. The normalized spacial score (nSPS) is 14.4. The van der Waals surface area contributed by atoms with Gasteiger partial charge in [-0.2, -0.15) is 0 Å². The second-order valence-corrected chi connectivity index (χ2v) is 9.64. The van der Waals surface area contributed by atoms with E-state index in [0.717, 1.165) is 12.8 Å². The molecule has 178 valence electrons. The zero-order chi connectivity index (χ0) is 24.1. The van der Waals surface area contributed by atoms with Crippen LogP contribution < -0.4 is 14.8 Å². The molecule has 0 saturated carbocycles. The Morgan fingerprint density at radius 2 is 1.88 bits per heavy atom. The average molecular weight is 504 g/mol. The standard InChI is InChI=1S/C22H22ClN5O5S/c1-14-6-9-24-22(26-14)28-34(30,31)18-4-2-16(3-5-18)27-20(29)15-12-19(23)21(25-13-15)33-17-7-10-32-11-8-17/h2-6,9,12-13,17H,7-8,10-11H2,1H3,(H,27,29)(H,24,26,28). The number of carbonyl (C=O) groups excluding carboxylic acids is 1. The van der Waals surface area contributed by atoms with E-state index in [1.165, 1.54) is 42.7 Å². The molecule has 3 aromatic rings. The lowest BCUT2D eigenvalue weighted by Crippen LogP contribution is -2.26. The number of ether oxygens (including phenoxy) is 2. The van der Waals surface area contributed by atoms with E-state index < -0.39 is 15.9 Å². The van der Waals surface area contributed by atoms with Crippen LogP contribution >= 0.6 is 11.6 Å². The first kappa shape index (κ1) is 23.9. The molecule has 10 nitrogen and oxygen atoms in total. The highest BCUT2D eigenvalue weighted by atomic mass is 35.5. The number of pyridine rings is 1. The van der Waals surface area contributed by atoms with Gasteiger partial charge in [0.05, 0.1) is 23.7 Å². The molecule has 0 spiro atoms. The van der Waals surface area contributed by atoms with Crippen LogP contribution in [0.1, 0.15) is 28.9 Å². The van der Waals surface area contributed by atoms with Crippen molar-refractivity contribution >= 4 is 39.2 Å². The molecule has 1 aliphatic heterocycles. The van der Waals surface area contributed by atoms with Crippen LogP contribution in [-0.2, 0) is 14.8 Å². The van der Waals surface area contributed by atoms with Gasteiger partial charge in [0, 0.05) is 36.6 Å². The first-order valence-corrected chi connectivity index (χ1v) is 12.3. The van der Waals surface area contributed by atoms with E-state index in [9.17, 15) is 13.2 Å². The molecule has 2 aromatic heterocycles. The van der Waals surface area contributed by atoms with Gasteiger partial charge in [-0.15, -0.1) is 0 Å². The number of benzene rings is 1. The maximum absolute atomic E-state index is 12.6. The number of halogens is 1. The molecule has 1 amide bonds. The Morgan fingerprint density at radius 1 is 1.15 bits per heavy atom. The van der Waals surface area contributed by atoms with Crippen molar-refractivity contribution in [1.29, 1.82) is 0 Å². The smallest absolute Gasteiger partial charge is 0.264 e. The molecule has 1 saturated heterocycles. The molecule has 4 rings (SSSR count). The molecular formula is C22H22ClN5O5S. The molecule has 34 heavy (non-hydrogen) atoms. The Bertz CT molecular complexity index is 1280. The zero-order valence-electron chi connectivity index (χ0n) is 18.2. The quantitative estimate of drug-likeness (QED) is 0.501. The van der Waals surface area contributed by atoms with Gasteiger partial charge in [-0.05, 0) is 43.3 Å². The van der Waals surface area contributed by atoms with Crippen LogP contribution in [-0.4, -0.2) is 48.6 Å². The number of anilines is 2. The van der Waals surface area contributed by atoms with Crippen LogP contribution in [0.15, 0.2) is 53.7 Å². The van der Waals surface area contributed by atoms with Gasteiger partial charge in [0.25, 0.3) is 15.9 Å². The molecule has 0 unspecified atom stereocenters. The lowest BCUT2D eigenvalue weighted by Gasteiger charge is -2.23. The number of rotatable bonds is 7. The molecule has 3 heterocycles. The number of carbonyl (C=O) groups is 1. The summed E-state index contributed by atoms with van der Waals surface area (Å²) in [6, 6.07) is 8.81. The van der Waals surface area contributed by atoms with Crippen molar-refractivity contribution in [3.63, 3.8) is 0 Å². The van der Waals surface area contributed by atoms with Crippen LogP contribution in [0.5, 0.6) is 5.88 Å². The number of sulfonamides is 1. The van der Waals surface area contributed by atoms with Crippen molar-refractivity contribution in [2.24, 2.45) is 0 Å². The topological polar surface area (TPSA) is 132 Å². The van der Waals surface area contributed by atoms with E-state index in [4.69, 9.17) is 21.1 Å². The Morgan fingerprint density at radius 3 is 2.56 bits per heavy atom. The van der Waals surface area contributed by atoms with Gasteiger partial charge in [0.2, 0.25) is 11.8 Å². The summed E-state index contributed by atoms with van der Waals surface area (Å²) in [4.78, 5) is 24.7. The lowest BCUT2D eigenvalue weighted by molar-refractivity contribution is 0.0238. The molecule has 2 N–H and O–H groups in total. The third-order valence-corrected chi connectivity index (χ3v) is 6.57. The largest absolute Gasteiger partial charge is 0.473 e. The summed E-state index contributed by atoms with van der Waals surface area (Å²) < 4.78 is 38.6. The van der Waals surface area contributed by atoms with Crippen LogP contribution in [0.4, 0.5) is 11.6 Å². The van der Waals surface area contributed by atoms with Crippen LogP contribution in [0.3, 0.4) is 0 Å². The fourth-order valence-corrected chi connectivity index (χ4v) is 4.35. The highest BCUT2D eigenvalue weighted by molar-refractivity contribution is 7.92. The van der Waals surface area contributed by atoms with Crippen molar-refractivity contribution in [3.05, 3.63) is 65.1 Å². The zero-order valence-corrected chi connectivity index (χ0v) is 19.8. The fraction of sp³-hybridized carbons (Fsp3) is 0.273. The van der Waals surface area contributed by atoms with Gasteiger partial charge in [0.15, 0.2) is 0 Å². The molecule has 12 heteroatoms. The Labute approximate surface area is 201 Å². The van der Waals surface area contributed by atoms with Gasteiger partial charge in [0.1, 0.15) is 11.1 Å². The summed E-state index contributed by atoms with van der Waals surface area (Å²) in [6.45, 7) is 2.98. The van der Waals surface area contributed by atoms with Gasteiger partial charge in [-0.1, -0.05) is 11.6 Å². The second kappa shape index (κ2) is 10.3. The Kier molecular flexibility index (Phi) is 7.25. The van der Waals surface area contributed by atoms with Crippen molar-refractivity contribution < 1.29 is 22.7 Å². The number of amides is 1. The number of aryl methyl sites for hydroxylation is 1. The summed E-state index contributed by atoms with van der Waals surface area (Å²) in [7, 11) is -3.89. The minimum atomic E-state index is -3.89. The van der Waals surface area contributed by atoms with Crippen LogP contribution in [0, 0.1) is 6.92 Å². The maximum atomic E-state index is 12.6. The molecule has 0 aliphatic carbocycles. The van der Waals surface area contributed by atoms with Crippen LogP contribution in [0.25, 0.3) is 0 Å². The number of hydrogen-bond donors (Lipinski definition) is 2. The first-order valence-electron chi connectivity index (χ1n) is 10.4. The first-order chi connectivity index (χ1) is 16.3. The van der Waals surface area contributed by atoms with E-state index >= 15 is 0 Å². The van der Waals surface area contributed by atoms with E-state index in [0.29, 0.717) is 24.6 Å².